The van der Waals surface area contributed by atoms with Gasteiger partial charge in [-0.1, -0.05) is 247 Å². The summed E-state index contributed by atoms with van der Waals surface area (Å²) in [4.78, 5) is 23.9. The average molecular weight is 1550 g/mol. The summed E-state index contributed by atoms with van der Waals surface area (Å²) in [6, 6.07) is 113. The molecule has 0 aliphatic heterocycles. The molecule has 0 fully saturated rings. The van der Waals surface area contributed by atoms with Crippen LogP contribution in [0, 0.1) is 41.5 Å². The molecule has 0 spiro atoms. The van der Waals surface area contributed by atoms with Gasteiger partial charge in [0.15, 0.2) is 0 Å². The number of rotatable bonds is 16. The van der Waals surface area contributed by atoms with Crippen molar-refractivity contribution in [2.75, 3.05) is 20.9 Å². The maximum absolute atomic E-state index is 7.34. The Labute approximate surface area is 681 Å². The molecule has 0 radical (unpaired) electrons. The van der Waals surface area contributed by atoms with Gasteiger partial charge in [0.25, 0.3) is 0 Å². The number of aryl methyl sites for hydroxylation is 6. The van der Waals surface area contributed by atoms with Crippen molar-refractivity contribution in [1.29, 1.82) is 0 Å². The van der Waals surface area contributed by atoms with E-state index in [4.69, 9.17) is 55.5 Å². The molecule has 114 heavy (non-hydrogen) atoms. The molecule has 18 aromatic rings. The number of anilines is 7. The van der Waals surface area contributed by atoms with E-state index in [0.717, 1.165) is 113 Å². The zero-order valence-electron chi connectivity index (χ0n) is 63.5. The van der Waals surface area contributed by atoms with Crippen molar-refractivity contribution in [3.05, 3.63) is 400 Å². The summed E-state index contributed by atoms with van der Waals surface area (Å²) < 4.78 is 4.60. The van der Waals surface area contributed by atoms with E-state index in [1.54, 1.807) is 0 Å². The molecule has 14 aromatic carbocycles. The van der Waals surface area contributed by atoms with Crippen LogP contribution in [0.5, 0.6) is 0 Å². The number of nitrogen functional groups attached to an aromatic ring is 1. The molecule has 0 saturated heterocycles. The zero-order valence-corrected chi connectivity index (χ0v) is 65.8. The quantitative estimate of drug-likeness (QED) is 0.0922. The summed E-state index contributed by atoms with van der Waals surface area (Å²) in [6.07, 6.45) is 3.72. The summed E-state index contributed by atoms with van der Waals surface area (Å²) in [5.41, 5.74) is 34.5. The van der Waals surface area contributed by atoms with Crippen LogP contribution in [-0.4, -0.2) is 29.1 Å². The highest BCUT2D eigenvalue weighted by atomic mass is 35.5. The van der Waals surface area contributed by atoms with E-state index in [0.29, 0.717) is 28.2 Å². The molecule has 4 heterocycles. The largest absolute Gasteiger partial charge is 0.399 e. The molecular weight excluding hydrogens is 1460 g/mol. The molecule has 0 amide bonds. The second kappa shape index (κ2) is 33.9. The number of pyridine rings is 2. The van der Waals surface area contributed by atoms with Gasteiger partial charge in [-0.05, 0) is 219 Å². The van der Waals surface area contributed by atoms with Crippen molar-refractivity contribution in [1.82, 2.24) is 29.1 Å². The van der Waals surface area contributed by atoms with E-state index in [9.17, 15) is 0 Å². The SMILES string of the molecule is C.Cc1cc(C)c(-n2c(-c3ccc(N(Cc4ccccc4)c4cccc(Cl)c4Cl)cc3)nc3ccccc32)c(C)c1.Cc1cc(C)c(-n2c(-c3ccc(Nc4cccc(N(Cc5ccccc5)c5ccc(-c6nccc7ccccc67)cc5)c4Cl)cc3)nc3ccccc32)c(C)c1.Nc1ccc(-c2nccc3ccccc23)cc1. The van der Waals surface area contributed by atoms with Crippen molar-refractivity contribution in [2.24, 2.45) is 0 Å². The first-order chi connectivity index (χ1) is 55.2. The van der Waals surface area contributed by atoms with Crippen molar-refractivity contribution in [3.63, 3.8) is 0 Å². The fourth-order valence-corrected chi connectivity index (χ4v) is 16.1. The molecule has 4 aromatic heterocycles. The van der Waals surface area contributed by atoms with Crippen molar-refractivity contribution >= 4 is 118 Å². The smallest absolute Gasteiger partial charge is 0.145 e. The number of nitrogens with zero attached hydrogens (tertiary/aromatic N) is 8. The number of hydrogen-bond acceptors (Lipinski definition) is 8. The Bertz CT molecular complexity index is 6400. The Morgan fingerprint density at radius 1 is 0.368 bits per heavy atom. The third-order valence-electron chi connectivity index (χ3n) is 20.5. The van der Waals surface area contributed by atoms with Crippen LogP contribution < -0.4 is 20.9 Å². The number of benzene rings is 14. The van der Waals surface area contributed by atoms with Gasteiger partial charge in [0.1, 0.15) is 11.6 Å². The Balaban J connectivity index is 0.000000153. The van der Waals surface area contributed by atoms with E-state index in [-0.39, 0.29) is 7.43 Å². The molecule has 0 unspecified atom stereocenters. The van der Waals surface area contributed by atoms with Gasteiger partial charge in [-0.15, -0.1) is 0 Å². The number of fused-ring (bicyclic) bond motifs is 4. The van der Waals surface area contributed by atoms with E-state index >= 15 is 0 Å². The van der Waals surface area contributed by atoms with Crippen molar-refractivity contribution < 1.29 is 0 Å². The lowest BCUT2D eigenvalue weighted by molar-refractivity contribution is 0.975. The van der Waals surface area contributed by atoms with Crippen molar-refractivity contribution in [2.45, 2.75) is 62.1 Å². The van der Waals surface area contributed by atoms with Gasteiger partial charge < -0.3 is 20.9 Å². The first-order valence-electron chi connectivity index (χ1n) is 37.7. The molecule has 3 N–H and O–H groups in total. The first kappa shape index (κ1) is 76.3. The number of nitrogens with two attached hydrogens (primary N) is 1. The molecule has 0 aliphatic rings. The molecule has 560 valence electrons. The van der Waals surface area contributed by atoms with Gasteiger partial charge in [-0.25, -0.2) is 9.97 Å². The van der Waals surface area contributed by atoms with Gasteiger partial charge >= 0.3 is 0 Å². The van der Waals surface area contributed by atoms with Crippen LogP contribution >= 0.6 is 34.8 Å². The standard InChI is InChI=1S/C50H40ClN5.C35H29Cl2N3.C15H12N2.CH4/c1-33-30-34(2)49(35(3)31-33)56-45-18-10-9-16-43(45)54-50(56)39-20-24-40(25-21-39)53-44-17-11-19-46(47(44)51)55(32-36-12-5-4-6-13-36)41-26-22-38(23-27-41)48-42-15-8-7-14-37(42)28-29-52-48;1-23-20-24(2)34(25(3)21-23)40-31-14-8-7-13-30(31)38-35(40)27-16-18-28(19-17-27)39(22-26-10-5-4-6-11-26)32-15-9-12-29(36)33(32)37;16-13-7-5-12(6-8-13)15-14-4-2-1-3-11(14)9-10-17-15;/h4-31,53H,32H2,1-3H3;4-21H,22H2,1-3H3;1-10H,16H2;1H4. The minimum absolute atomic E-state index is 0. The van der Waals surface area contributed by atoms with Gasteiger partial charge in [0.05, 0.1) is 77.0 Å². The Morgan fingerprint density at radius 2 is 0.754 bits per heavy atom. The van der Waals surface area contributed by atoms with Crippen LogP contribution in [0.4, 0.5) is 39.8 Å². The average Bonchev–Trinajstić information content (AvgIpc) is 1.60. The lowest BCUT2D eigenvalue weighted by Crippen LogP contribution is -2.17. The van der Waals surface area contributed by atoms with Crippen LogP contribution in [-0.2, 0) is 13.1 Å². The topological polar surface area (TPSA) is 106 Å². The number of nitrogens with one attached hydrogen (secondary N) is 1. The monoisotopic (exact) mass is 1540 g/mol. The zero-order chi connectivity index (χ0) is 77.6. The summed E-state index contributed by atoms with van der Waals surface area (Å²) in [6.45, 7) is 14.3. The first-order valence-corrected chi connectivity index (χ1v) is 38.9. The summed E-state index contributed by atoms with van der Waals surface area (Å²) in [7, 11) is 0. The van der Waals surface area contributed by atoms with Gasteiger partial charge in [0, 0.05) is 81.3 Å². The molecule has 0 bridgehead atoms. The number of hydrogen-bond donors (Lipinski definition) is 2. The lowest BCUT2D eigenvalue weighted by Gasteiger charge is -2.27. The Morgan fingerprint density at radius 3 is 1.22 bits per heavy atom. The maximum atomic E-state index is 7.34. The predicted molar refractivity (Wildman–Crippen MR) is 483 cm³/mol. The number of aromatic nitrogens is 6. The van der Waals surface area contributed by atoms with Gasteiger partial charge in [-0.3, -0.25) is 19.1 Å². The molecular formula is C101H85Cl3N10. The maximum Gasteiger partial charge on any atom is 0.145 e. The van der Waals surface area contributed by atoms with Crippen molar-refractivity contribution in [3.8, 4) is 56.7 Å². The molecule has 13 heteroatoms. The molecule has 0 aliphatic carbocycles. The Kier molecular flexibility index (Phi) is 22.7. The predicted octanol–water partition coefficient (Wildman–Crippen LogP) is 28.0. The van der Waals surface area contributed by atoms with Crippen LogP contribution in [0.25, 0.3) is 100 Å². The Hall–Kier alpha value is -13.1. The number of imidazole rings is 2. The highest BCUT2D eigenvalue weighted by Gasteiger charge is 2.24. The van der Waals surface area contributed by atoms with E-state index in [2.05, 4.69) is 307 Å². The van der Waals surface area contributed by atoms with Gasteiger partial charge in [0.2, 0.25) is 0 Å². The third kappa shape index (κ3) is 16.1. The molecule has 18 rings (SSSR count). The van der Waals surface area contributed by atoms with Crippen LogP contribution in [0.2, 0.25) is 15.1 Å². The molecule has 0 saturated carbocycles. The highest BCUT2D eigenvalue weighted by Crippen LogP contribution is 2.43. The third-order valence-corrected chi connectivity index (χ3v) is 21.7. The van der Waals surface area contributed by atoms with Gasteiger partial charge in [-0.2, -0.15) is 0 Å². The van der Waals surface area contributed by atoms with E-state index in [1.807, 2.05) is 103 Å². The highest BCUT2D eigenvalue weighted by molar-refractivity contribution is 6.43. The summed E-state index contributed by atoms with van der Waals surface area (Å²) in [5.74, 6) is 1.82. The minimum Gasteiger partial charge on any atom is -0.399 e. The molecule has 10 nitrogen and oxygen atoms in total. The fourth-order valence-electron chi connectivity index (χ4n) is 15.4. The normalized spacial score (nSPS) is 11.1. The van der Waals surface area contributed by atoms with Crippen LogP contribution in [0.3, 0.4) is 0 Å². The lowest BCUT2D eigenvalue weighted by atomic mass is 10.0. The van der Waals surface area contributed by atoms with E-state index in [1.165, 1.54) is 72.0 Å². The number of halogens is 3. The minimum atomic E-state index is 0. The summed E-state index contributed by atoms with van der Waals surface area (Å²) >= 11 is 20.5. The van der Waals surface area contributed by atoms with E-state index < -0.39 is 0 Å². The second-order valence-corrected chi connectivity index (χ2v) is 29.7. The molecule has 0 atom stereocenters. The van der Waals surface area contributed by atoms with Crippen LogP contribution in [0.15, 0.2) is 340 Å². The number of para-hydroxylation sites is 4. The summed E-state index contributed by atoms with van der Waals surface area (Å²) in [5, 5.41) is 10.00. The van der Waals surface area contributed by atoms with Crippen LogP contribution in [0.1, 0.15) is 51.9 Å². The second-order valence-electron chi connectivity index (χ2n) is 28.5. The fraction of sp³-hybridized carbons (Fsp3) is 0.0891.